The first-order valence-corrected chi connectivity index (χ1v) is 10.2. The predicted octanol–water partition coefficient (Wildman–Crippen LogP) is 3.12. The minimum Gasteiger partial charge on any atom is -0.497 e. The maximum atomic E-state index is 13.5. The highest BCUT2D eigenvalue weighted by atomic mass is 19.1. The van der Waals surface area contributed by atoms with Crippen LogP contribution in [0, 0.1) is 12.7 Å². The molecule has 2 aromatic heterocycles. The van der Waals surface area contributed by atoms with Crippen molar-refractivity contribution in [1.82, 2.24) is 19.9 Å². The van der Waals surface area contributed by atoms with Gasteiger partial charge in [0.2, 0.25) is 5.91 Å². The van der Waals surface area contributed by atoms with Crippen LogP contribution < -0.4 is 15.6 Å². The number of aryl methyl sites for hydroxylation is 1. The minimum absolute atomic E-state index is 0.154. The van der Waals surface area contributed by atoms with Gasteiger partial charge in [0.25, 0.3) is 5.56 Å². The van der Waals surface area contributed by atoms with Gasteiger partial charge in [0.15, 0.2) is 5.65 Å². The zero-order chi connectivity index (χ0) is 22.7. The maximum absolute atomic E-state index is 13.5. The number of carbonyl (C=O) groups excluding carboxylic acids is 1. The molecule has 2 N–H and O–H groups in total. The normalized spacial score (nSPS) is 12.0. The number of nitrogens with one attached hydrogen (secondary N) is 2. The first kappa shape index (κ1) is 21.3. The summed E-state index contributed by atoms with van der Waals surface area (Å²) < 4.78 is 20.1. The van der Waals surface area contributed by atoms with Gasteiger partial charge in [-0.05, 0) is 42.3 Å². The number of nitrogens with zero attached hydrogens (tertiary/aromatic N) is 2. The Labute approximate surface area is 183 Å². The van der Waals surface area contributed by atoms with Crippen LogP contribution in [0.2, 0.25) is 0 Å². The van der Waals surface area contributed by atoms with E-state index in [-0.39, 0.29) is 30.1 Å². The van der Waals surface area contributed by atoms with Crippen LogP contribution in [-0.2, 0) is 17.6 Å². The van der Waals surface area contributed by atoms with Crippen LogP contribution in [-0.4, -0.2) is 27.6 Å². The van der Waals surface area contributed by atoms with E-state index >= 15 is 0 Å². The van der Waals surface area contributed by atoms with E-state index in [1.807, 2.05) is 25.1 Å². The molecule has 32 heavy (non-hydrogen) atoms. The van der Waals surface area contributed by atoms with E-state index in [1.54, 1.807) is 31.4 Å². The standard InChI is InChI=1S/C24H23FN4O3/c1-15-10-22-26-19(14-24(31)29(22)28-15)13-21(17-6-8-18(25)9-7-17)27-23(30)12-16-4-3-5-20(11-16)32-2/h3-11,14,21,28H,12-13H2,1-2H3,(H,27,30). The largest absolute Gasteiger partial charge is 0.497 e. The molecule has 8 heteroatoms. The zero-order valence-corrected chi connectivity index (χ0v) is 17.8. The summed E-state index contributed by atoms with van der Waals surface area (Å²) in [6.07, 6.45) is 0.437. The SMILES string of the molecule is COc1cccc(CC(=O)NC(Cc2cc(=O)n3[nH]c(C)cc3n2)c2ccc(F)cc2)c1. The summed E-state index contributed by atoms with van der Waals surface area (Å²) >= 11 is 0. The molecule has 4 aromatic rings. The third kappa shape index (κ3) is 4.85. The van der Waals surface area contributed by atoms with Gasteiger partial charge in [-0.15, -0.1) is 0 Å². The molecule has 0 saturated carbocycles. The Kier molecular flexibility index (Phi) is 6.02. The van der Waals surface area contributed by atoms with Gasteiger partial charge in [-0.3, -0.25) is 14.7 Å². The molecule has 0 aliphatic carbocycles. The molecule has 4 rings (SSSR count). The third-order valence-electron chi connectivity index (χ3n) is 5.15. The topological polar surface area (TPSA) is 88.5 Å². The molecule has 1 unspecified atom stereocenters. The number of halogens is 1. The lowest BCUT2D eigenvalue weighted by Crippen LogP contribution is -2.32. The van der Waals surface area contributed by atoms with Crippen LogP contribution in [0.1, 0.15) is 28.6 Å². The van der Waals surface area contributed by atoms with Crippen LogP contribution in [0.4, 0.5) is 4.39 Å². The Morgan fingerprint density at radius 1 is 1.19 bits per heavy atom. The number of benzene rings is 2. The van der Waals surface area contributed by atoms with E-state index in [4.69, 9.17) is 4.74 Å². The second-order valence-electron chi connectivity index (χ2n) is 7.62. The number of fused-ring (bicyclic) bond motifs is 1. The van der Waals surface area contributed by atoms with Crippen LogP contribution in [0.3, 0.4) is 0 Å². The Bertz CT molecular complexity index is 1310. The smallest absolute Gasteiger partial charge is 0.272 e. The van der Waals surface area contributed by atoms with E-state index in [2.05, 4.69) is 15.4 Å². The number of hydrogen-bond donors (Lipinski definition) is 2. The Morgan fingerprint density at radius 2 is 1.97 bits per heavy atom. The predicted molar refractivity (Wildman–Crippen MR) is 118 cm³/mol. The van der Waals surface area contributed by atoms with Crippen molar-refractivity contribution in [3.63, 3.8) is 0 Å². The molecule has 1 atom stereocenters. The van der Waals surface area contributed by atoms with Crippen LogP contribution in [0.25, 0.3) is 5.65 Å². The van der Waals surface area contributed by atoms with E-state index in [1.165, 1.54) is 22.7 Å². The van der Waals surface area contributed by atoms with Crippen LogP contribution >= 0.6 is 0 Å². The molecule has 0 fully saturated rings. The fourth-order valence-corrected chi connectivity index (χ4v) is 3.64. The minimum atomic E-state index is -0.483. The fourth-order valence-electron chi connectivity index (χ4n) is 3.64. The van der Waals surface area contributed by atoms with E-state index in [9.17, 15) is 14.0 Å². The van der Waals surface area contributed by atoms with Gasteiger partial charge in [-0.25, -0.2) is 13.9 Å². The molecule has 0 spiro atoms. The summed E-state index contributed by atoms with van der Waals surface area (Å²) in [7, 11) is 1.57. The third-order valence-corrected chi connectivity index (χ3v) is 5.15. The average Bonchev–Trinajstić information content (AvgIpc) is 3.15. The molecule has 0 bridgehead atoms. The summed E-state index contributed by atoms with van der Waals surface area (Å²) in [5.74, 6) is 0.101. The molecule has 164 valence electrons. The number of hydrogen-bond acceptors (Lipinski definition) is 4. The Hall–Kier alpha value is -3.94. The average molecular weight is 434 g/mol. The maximum Gasteiger partial charge on any atom is 0.272 e. The number of ether oxygens (including phenoxy) is 1. The number of aromatic nitrogens is 3. The van der Waals surface area contributed by atoms with Gasteiger partial charge in [0.1, 0.15) is 11.6 Å². The summed E-state index contributed by atoms with van der Waals surface area (Å²) in [6.45, 7) is 1.84. The van der Waals surface area contributed by atoms with Gasteiger partial charge >= 0.3 is 0 Å². The number of amides is 1. The van der Waals surface area contributed by atoms with Crippen LogP contribution in [0.15, 0.2) is 65.5 Å². The molecule has 2 aromatic carbocycles. The van der Waals surface area contributed by atoms with Crippen molar-refractivity contribution in [3.8, 4) is 5.75 Å². The Morgan fingerprint density at radius 3 is 2.72 bits per heavy atom. The molecular weight excluding hydrogens is 411 g/mol. The molecule has 0 radical (unpaired) electrons. The van der Waals surface area contributed by atoms with Gasteiger partial charge in [-0.2, -0.15) is 0 Å². The number of carbonyl (C=O) groups is 1. The summed E-state index contributed by atoms with van der Waals surface area (Å²) in [5.41, 5.74) is 3.14. The van der Waals surface area contributed by atoms with Crippen molar-refractivity contribution < 1.29 is 13.9 Å². The highest BCUT2D eigenvalue weighted by Crippen LogP contribution is 2.19. The van der Waals surface area contributed by atoms with Gasteiger partial charge in [0.05, 0.1) is 25.3 Å². The van der Waals surface area contributed by atoms with Crippen molar-refractivity contribution in [1.29, 1.82) is 0 Å². The van der Waals surface area contributed by atoms with Crippen molar-refractivity contribution in [2.75, 3.05) is 7.11 Å². The number of aromatic amines is 1. The van der Waals surface area contributed by atoms with E-state index in [0.717, 1.165) is 16.8 Å². The molecule has 0 aliphatic heterocycles. The quantitative estimate of drug-likeness (QED) is 0.468. The first-order valence-electron chi connectivity index (χ1n) is 10.2. The van der Waals surface area contributed by atoms with Crippen molar-refractivity contribution in [3.05, 3.63) is 99.3 Å². The lowest BCUT2D eigenvalue weighted by atomic mass is 10.0. The summed E-state index contributed by atoms with van der Waals surface area (Å²) in [5, 5.41) is 5.94. The fraction of sp³-hybridized carbons (Fsp3) is 0.208. The molecule has 0 aliphatic rings. The highest BCUT2D eigenvalue weighted by molar-refractivity contribution is 5.79. The molecular formula is C24H23FN4O3. The molecule has 2 heterocycles. The number of rotatable bonds is 7. The van der Waals surface area contributed by atoms with Gasteiger partial charge < -0.3 is 10.1 Å². The van der Waals surface area contributed by atoms with Crippen molar-refractivity contribution in [2.24, 2.45) is 0 Å². The summed E-state index contributed by atoms with van der Waals surface area (Å²) in [4.78, 5) is 29.8. The molecule has 1 amide bonds. The monoisotopic (exact) mass is 434 g/mol. The van der Waals surface area contributed by atoms with Crippen molar-refractivity contribution in [2.45, 2.75) is 25.8 Å². The Balaban J connectivity index is 1.59. The lowest BCUT2D eigenvalue weighted by molar-refractivity contribution is -0.121. The summed E-state index contributed by atoms with van der Waals surface area (Å²) in [6, 6.07) is 16.0. The van der Waals surface area contributed by atoms with Crippen LogP contribution in [0.5, 0.6) is 5.75 Å². The van der Waals surface area contributed by atoms with E-state index < -0.39 is 6.04 Å². The second kappa shape index (κ2) is 9.05. The molecule has 7 nitrogen and oxygen atoms in total. The van der Waals surface area contributed by atoms with Crippen molar-refractivity contribution >= 4 is 11.6 Å². The van der Waals surface area contributed by atoms with E-state index in [0.29, 0.717) is 17.1 Å². The first-order chi connectivity index (χ1) is 15.4. The second-order valence-corrected chi connectivity index (χ2v) is 7.62. The number of H-pyrrole nitrogens is 1. The molecule has 0 saturated heterocycles. The highest BCUT2D eigenvalue weighted by Gasteiger charge is 2.18. The lowest BCUT2D eigenvalue weighted by Gasteiger charge is -2.19. The van der Waals surface area contributed by atoms with Gasteiger partial charge in [-0.1, -0.05) is 24.3 Å². The van der Waals surface area contributed by atoms with Gasteiger partial charge in [0, 0.05) is 24.2 Å². The number of methoxy groups -OCH3 is 1. The zero-order valence-electron chi connectivity index (χ0n) is 17.8.